The quantitative estimate of drug-likeness (QED) is 0.559. The first-order chi connectivity index (χ1) is 10.5. The lowest BCUT2D eigenvalue weighted by Gasteiger charge is -2.20. The highest BCUT2D eigenvalue weighted by Crippen LogP contribution is 2.17. The normalized spacial score (nSPS) is 19.0. The van der Waals surface area contributed by atoms with Crippen LogP contribution in [0, 0.1) is 10.1 Å². The largest absolute Gasteiger partial charge is 0.383 e. The first kappa shape index (κ1) is 16.1. The summed E-state index contributed by atoms with van der Waals surface area (Å²) in [7, 11) is 1.50. The minimum Gasteiger partial charge on any atom is -0.383 e. The lowest BCUT2D eigenvalue weighted by atomic mass is 10.2. The van der Waals surface area contributed by atoms with Gasteiger partial charge < -0.3 is 20.7 Å². The van der Waals surface area contributed by atoms with E-state index in [2.05, 4.69) is 10.3 Å². The summed E-state index contributed by atoms with van der Waals surface area (Å²) in [6, 6.07) is 2.34. The van der Waals surface area contributed by atoms with Crippen molar-refractivity contribution in [1.82, 2.24) is 9.88 Å². The van der Waals surface area contributed by atoms with Gasteiger partial charge in [0.25, 0.3) is 5.69 Å². The lowest BCUT2D eigenvalue weighted by molar-refractivity contribution is -0.385. The highest BCUT2D eigenvalue weighted by atomic mass is 16.6. The smallest absolute Gasteiger partial charge is 0.287 e. The molecule has 1 aromatic heterocycles. The van der Waals surface area contributed by atoms with Gasteiger partial charge in [-0.2, -0.15) is 0 Å². The van der Waals surface area contributed by atoms with Crippen molar-refractivity contribution in [2.24, 2.45) is 5.73 Å². The number of amides is 1. The predicted molar refractivity (Wildman–Crippen MR) is 79.4 cm³/mol. The fourth-order valence-corrected chi connectivity index (χ4v) is 2.35. The van der Waals surface area contributed by atoms with Crippen molar-refractivity contribution >= 4 is 17.4 Å². The second kappa shape index (κ2) is 7.14. The summed E-state index contributed by atoms with van der Waals surface area (Å²) in [6.45, 7) is 1.33. The van der Waals surface area contributed by atoms with Crippen molar-refractivity contribution in [3.63, 3.8) is 0 Å². The third-order valence-corrected chi connectivity index (χ3v) is 3.47. The number of carbonyl (C=O) groups excluding carboxylic acids is 1. The molecule has 1 amide bonds. The molecule has 3 N–H and O–H groups in total. The minimum atomic E-state index is -0.652. The molecule has 0 aliphatic carbocycles. The van der Waals surface area contributed by atoms with Crippen LogP contribution in [0.2, 0.25) is 0 Å². The van der Waals surface area contributed by atoms with Gasteiger partial charge >= 0.3 is 0 Å². The van der Waals surface area contributed by atoms with Crippen molar-refractivity contribution in [3.05, 3.63) is 28.4 Å². The zero-order valence-electron chi connectivity index (χ0n) is 12.3. The zero-order chi connectivity index (χ0) is 16.1. The summed E-state index contributed by atoms with van der Waals surface area (Å²) >= 11 is 0. The van der Waals surface area contributed by atoms with Crippen LogP contribution in [0.15, 0.2) is 18.3 Å². The molecule has 120 valence electrons. The van der Waals surface area contributed by atoms with Crippen LogP contribution in [0.3, 0.4) is 0 Å². The van der Waals surface area contributed by atoms with Crippen molar-refractivity contribution in [1.29, 1.82) is 0 Å². The van der Waals surface area contributed by atoms with E-state index in [0.29, 0.717) is 18.9 Å². The number of carbonyl (C=O) groups is 1. The maximum Gasteiger partial charge on any atom is 0.287 e. The van der Waals surface area contributed by atoms with Crippen LogP contribution in [-0.4, -0.2) is 59.6 Å². The maximum absolute atomic E-state index is 12.1. The predicted octanol–water partition coefficient (Wildman–Crippen LogP) is -0.0237. The number of hydrogen-bond acceptors (Lipinski definition) is 7. The van der Waals surface area contributed by atoms with Crippen LogP contribution in [-0.2, 0) is 9.53 Å². The second-order valence-electron chi connectivity index (χ2n) is 5.13. The fraction of sp³-hybridized carbons (Fsp3) is 0.538. The Labute approximate surface area is 127 Å². The molecule has 0 radical (unpaired) electrons. The summed E-state index contributed by atoms with van der Waals surface area (Å²) < 4.78 is 4.88. The van der Waals surface area contributed by atoms with E-state index in [4.69, 9.17) is 10.5 Å². The van der Waals surface area contributed by atoms with Gasteiger partial charge in [-0.15, -0.1) is 0 Å². The van der Waals surface area contributed by atoms with E-state index in [0.717, 1.165) is 6.42 Å². The molecule has 22 heavy (non-hydrogen) atoms. The van der Waals surface area contributed by atoms with E-state index in [1.807, 2.05) is 0 Å². The van der Waals surface area contributed by atoms with E-state index < -0.39 is 11.0 Å². The summed E-state index contributed by atoms with van der Waals surface area (Å²) in [4.78, 5) is 27.8. The number of nitrogens with two attached hydrogens (primary N) is 1. The Kier molecular flexibility index (Phi) is 5.23. The molecule has 2 unspecified atom stereocenters. The van der Waals surface area contributed by atoms with Crippen LogP contribution < -0.4 is 11.1 Å². The van der Waals surface area contributed by atoms with Crippen LogP contribution in [0.4, 0.5) is 11.5 Å². The molecule has 2 rings (SSSR count). The number of nitrogens with one attached hydrogen (secondary N) is 1. The first-order valence-electron chi connectivity index (χ1n) is 6.91. The topological polar surface area (TPSA) is 124 Å². The number of hydrogen-bond donors (Lipinski definition) is 2. The van der Waals surface area contributed by atoms with Crippen molar-refractivity contribution in [3.8, 4) is 0 Å². The molecule has 2 atom stereocenters. The van der Waals surface area contributed by atoms with E-state index in [-0.39, 0.29) is 24.2 Å². The molecule has 0 saturated carbocycles. The van der Waals surface area contributed by atoms with Gasteiger partial charge in [0.2, 0.25) is 5.91 Å². The van der Waals surface area contributed by atoms with E-state index in [1.54, 1.807) is 11.0 Å². The fourth-order valence-electron chi connectivity index (χ4n) is 2.35. The number of nitro groups is 1. The SMILES string of the molecule is COCC(N)C(=O)N1CCC(Nc2ccc([N+](=O)[O-])cn2)C1. The molecule has 2 heterocycles. The summed E-state index contributed by atoms with van der Waals surface area (Å²) in [5.41, 5.74) is 5.68. The van der Waals surface area contributed by atoms with Crippen LogP contribution in [0.25, 0.3) is 0 Å². The van der Waals surface area contributed by atoms with E-state index in [1.165, 1.54) is 19.4 Å². The van der Waals surface area contributed by atoms with Crippen LogP contribution in [0.1, 0.15) is 6.42 Å². The number of rotatable bonds is 6. The maximum atomic E-state index is 12.1. The third kappa shape index (κ3) is 3.89. The number of methoxy groups -OCH3 is 1. The summed E-state index contributed by atoms with van der Waals surface area (Å²) in [5.74, 6) is 0.411. The van der Waals surface area contributed by atoms with Gasteiger partial charge in [-0.05, 0) is 12.5 Å². The molecule has 9 nitrogen and oxygen atoms in total. The molecule has 0 aromatic carbocycles. The number of anilines is 1. The number of likely N-dealkylation sites (tertiary alicyclic amines) is 1. The molecule has 1 saturated heterocycles. The first-order valence-corrected chi connectivity index (χ1v) is 6.91. The Hall–Kier alpha value is -2.26. The Morgan fingerprint density at radius 3 is 3.05 bits per heavy atom. The molecule has 1 aliphatic rings. The molecular weight excluding hydrogens is 290 g/mol. The van der Waals surface area contributed by atoms with Gasteiger partial charge in [-0.1, -0.05) is 0 Å². The van der Waals surface area contributed by atoms with Gasteiger partial charge in [0, 0.05) is 32.3 Å². The summed E-state index contributed by atoms with van der Waals surface area (Å²) in [5, 5.41) is 13.7. The third-order valence-electron chi connectivity index (χ3n) is 3.47. The standard InChI is InChI=1S/C13H19N5O4/c1-22-8-11(14)13(19)17-5-4-9(7-17)16-12-3-2-10(6-15-12)18(20)21/h2-3,6,9,11H,4-5,7-8,14H2,1H3,(H,15,16). The van der Waals surface area contributed by atoms with Gasteiger partial charge in [-0.3, -0.25) is 14.9 Å². The second-order valence-corrected chi connectivity index (χ2v) is 5.13. The Morgan fingerprint density at radius 1 is 1.68 bits per heavy atom. The average Bonchev–Trinajstić information content (AvgIpc) is 2.95. The Bertz CT molecular complexity index is 536. The van der Waals surface area contributed by atoms with Crippen molar-refractivity contribution in [2.45, 2.75) is 18.5 Å². The number of nitrogens with zero attached hydrogens (tertiary/aromatic N) is 3. The van der Waals surface area contributed by atoms with Crippen molar-refractivity contribution < 1.29 is 14.5 Å². The van der Waals surface area contributed by atoms with Gasteiger partial charge in [0.15, 0.2) is 0 Å². The zero-order valence-corrected chi connectivity index (χ0v) is 12.3. The average molecular weight is 309 g/mol. The van der Waals surface area contributed by atoms with Crippen molar-refractivity contribution in [2.75, 3.05) is 32.1 Å². The van der Waals surface area contributed by atoms with E-state index >= 15 is 0 Å². The Morgan fingerprint density at radius 2 is 2.45 bits per heavy atom. The molecule has 9 heteroatoms. The molecule has 0 spiro atoms. The minimum absolute atomic E-state index is 0.0488. The number of ether oxygens (including phenoxy) is 1. The van der Waals surface area contributed by atoms with E-state index in [9.17, 15) is 14.9 Å². The molecule has 1 aromatic rings. The Balaban J connectivity index is 1.88. The lowest BCUT2D eigenvalue weighted by Crippen LogP contribution is -2.45. The number of aromatic nitrogens is 1. The van der Waals surface area contributed by atoms with Gasteiger partial charge in [0.05, 0.1) is 11.5 Å². The molecular formula is C13H19N5O4. The van der Waals surface area contributed by atoms with Crippen LogP contribution >= 0.6 is 0 Å². The van der Waals surface area contributed by atoms with Crippen LogP contribution in [0.5, 0.6) is 0 Å². The summed E-state index contributed by atoms with van der Waals surface area (Å²) in [6.07, 6.45) is 1.97. The molecule has 1 aliphatic heterocycles. The molecule has 1 fully saturated rings. The number of pyridine rings is 1. The van der Waals surface area contributed by atoms with Gasteiger partial charge in [0.1, 0.15) is 18.1 Å². The van der Waals surface area contributed by atoms with Gasteiger partial charge in [-0.25, -0.2) is 4.98 Å². The monoisotopic (exact) mass is 309 g/mol. The highest BCUT2D eigenvalue weighted by molar-refractivity contribution is 5.82. The highest BCUT2D eigenvalue weighted by Gasteiger charge is 2.29. The molecule has 0 bridgehead atoms.